The van der Waals surface area contributed by atoms with Gasteiger partial charge in [-0.15, -0.1) is 0 Å². The second-order valence-corrected chi connectivity index (χ2v) is 13.7. The maximum absolute atomic E-state index is 13.0. The Kier molecular flexibility index (Phi) is 7.10. The van der Waals surface area contributed by atoms with Crippen molar-refractivity contribution in [2.75, 3.05) is 19.6 Å². The Hall–Kier alpha value is -4.28. The molecule has 3 aliphatic heterocycles. The van der Waals surface area contributed by atoms with E-state index >= 15 is 0 Å². The van der Waals surface area contributed by atoms with Crippen LogP contribution in [0.2, 0.25) is 0 Å². The van der Waals surface area contributed by atoms with Crippen molar-refractivity contribution >= 4 is 23.7 Å². The molecular formula is C36H40N6O4. The maximum Gasteiger partial charge on any atom is 0.255 e. The molecule has 2 aliphatic carbocycles. The largest absolute Gasteiger partial charge is 0.381 e. The van der Waals surface area contributed by atoms with Gasteiger partial charge in [0.05, 0.1) is 35.9 Å². The molecular weight excluding hydrogens is 580 g/mol. The lowest BCUT2D eigenvalue weighted by atomic mass is 9.88. The zero-order chi connectivity index (χ0) is 31.5. The molecule has 2 amide bonds. The number of likely N-dealkylation sites (tertiary alicyclic amines) is 2. The first-order valence-corrected chi connectivity index (χ1v) is 16.6. The summed E-state index contributed by atoms with van der Waals surface area (Å²) in [5.41, 5.74) is 3.70. The number of aliphatic imine (C=N–C) groups is 1. The molecule has 3 atom stereocenters. The lowest BCUT2D eigenvalue weighted by molar-refractivity contribution is -0.147. The lowest BCUT2D eigenvalue weighted by Gasteiger charge is -2.41. The van der Waals surface area contributed by atoms with E-state index in [2.05, 4.69) is 68.8 Å². The summed E-state index contributed by atoms with van der Waals surface area (Å²) in [4.78, 5) is 42.2. The second kappa shape index (κ2) is 11.2. The first kappa shape index (κ1) is 29.1. The van der Waals surface area contributed by atoms with Crippen molar-refractivity contribution in [2.45, 2.75) is 74.7 Å². The second-order valence-electron chi connectivity index (χ2n) is 13.7. The molecule has 4 N–H and O–H groups in total. The molecule has 2 unspecified atom stereocenters. The molecule has 10 nitrogen and oxygen atoms in total. The van der Waals surface area contributed by atoms with Crippen LogP contribution in [0.1, 0.15) is 68.8 Å². The number of aromatic amines is 1. The number of benzene rings is 2. The van der Waals surface area contributed by atoms with Crippen LogP contribution in [0, 0.1) is 5.92 Å². The molecule has 2 saturated carbocycles. The zero-order valence-electron chi connectivity index (χ0n) is 25.9. The summed E-state index contributed by atoms with van der Waals surface area (Å²) in [6.07, 6.45) is 11.5. The summed E-state index contributed by atoms with van der Waals surface area (Å²) in [5.74, 6) is 0.646. The van der Waals surface area contributed by atoms with E-state index in [1.165, 1.54) is 0 Å². The van der Waals surface area contributed by atoms with Gasteiger partial charge in [-0.05, 0) is 73.6 Å². The Labute approximate surface area is 268 Å². The molecule has 0 spiro atoms. The van der Waals surface area contributed by atoms with Gasteiger partial charge in [-0.1, -0.05) is 48.5 Å². The molecule has 2 aromatic carbocycles. The van der Waals surface area contributed by atoms with Gasteiger partial charge in [0, 0.05) is 31.8 Å². The first-order chi connectivity index (χ1) is 22.3. The summed E-state index contributed by atoms with van der Waals surface area (Å²) in [5, 5.41) is 24.4. The quantitative estimate of drug-likeness (QED) is 0.329. The van der Waals surface area contributed by atoms with E-state index in [-0.39, 0.29) is 29.8 Å². The highest BCUT2D eigenvalue weighted by atomic mass is 16.3. The van der Waals surface area contributed by atoms with Gasteiger partial charge in [-0.3, -0.25) is 14.6 Å². The molecule has 0 bridgehead atoms. The number of hydrogen-bond acceptors (Lipinski definition) is 7. The SMILES string of the molecule is O=C(N1CCCC2C=NC=C(c3ccc(-c4ccc(-c5cnc([C@@H]6CCCN6C(=O)C6(O)CC6)[nH]5)cc4)cc3)NCC21)C1(O)CC1. The number of imidazole rings is 1. The highest BCUT2D eigenvalue weighted by Crippen LogP contribution is 2.42. The summed E-state index contributed by atoms with van der Waals surface area (Å²) in [6.45, 7) is 1.94. The Bertz CT molecular complexity index is 1700. The molecule has 8 rings (SSSR count). The standard InChI is InChI=1S/C36H40N6O4/c43-33(35(45)13-14-35)41-18-2-4-30(41)32-39-21-29(40-32)26-11-7-24(8-12-26)23-5-9-25(10-6-23)28-20-37-19-27-3-1-17-42(31(27)22-38-28)34(44)36(46)15-16-36/h5-12,19-21,27,30-31,38,45-46H,1-4,13-18,22H2,(H,39,40)/t27?,30-,31?/m0/s1. The van der Waals surface area contributed by atoms with Crippen molar-refractivity contribution in [3.8, 4) is 22.4 Å². The molecule has 2 saturated heterocycles. The van der Waals surface area contributed by atoms with Gasteiger partial charge in [0.25, 0.3) is 11.8 Å². The van der Waals surface area contributed by atoms with Crippen molar-refractivity contribution in [1.29, 1.82) is 0 Å². The van der Waals surface area contributed by atoms with E-state index in [1.54, 1.807) is 4.90 Å². The van der Waals surface area contributed by atoms with E-state index in [0.29, 0.717) is 45.3 Å². The maximum atomic E-state index is 13.0. The average molecular weight is 621 g/mol. The smallest absolute Gasteiger partial charge is 0.255 e. The number of rotatable bonds is 6. The van der Waals surface area contributed by atoms with Crippen LogP contribution >= 0.6 is 0 Å². The number of carbonyl (C=O) groups is 2. The average Bonchev–Trinajstić information content (AvgIpc) is 3.85. The topological polar surface area (TPSA) is 134 Å². The molecule has 238 valence electrons. The summed E-state index contributed by atoms with van der Waals surface area (Å²) in [7, 11) is 0. The van der Waals surface area contributed by atoms with Gasteiger partial charge in [0.15, 0.2) is 0 Å². The van der Waals surface area contributed by atoms with E-state index in [9.17, 15) is 19.8 Å². The lowest BCUT2D eigenvalue weighted by Crippen LogP contribution is -2.56. The predicted molar refractivity (Wildman–Crippen MR) is 174 cm³/mol. The number of amides is 2. The Morgan fingerprint density at radius 1 is 0.783 bits per heavy atom. The number of hydrogen-bond donors (Lipinski definition) is 4. The van der Waals surface area contributed by atoms with Gasteiger partial charge in [-0.25, -0.2) is 4.98 Å². The minimum Gasteiger partial charge on any atom is -0.381 e. The van der Waals surface area contributed by atoms with Crippen molar-refractivity contribution in [3.63, 3.8) is 0 Å². The van der Waals surface area contributed by atoms with Crippen LogP contribution in [0.25, 0.3) is 28.1 Å². The fourth-order valence-electron chi connectivity index (χ4n) is 7.27. The Morgan fingerprint density at radius 2 is 1.37 bits per heavy atom. The molecule has 10 heteroatoms. The van der Waals surface area contributed by atoms with E-state index in [4.69, 9.17) is 0 Å². The van der Waals surface area contributed by atoms with Crippen molar-refractivity contribution in [1.82, 2.24) is 25.1 Å². The van der Waals surface area contributed by atoms with Crippen LogP contribution in [-0.4, -0.2) is 84.9 Å². The number of piperidine rings is 1. The molecule has 5 aliphatic rings. The van der Waals surface area contributed by atoms with Crippen molar-refractivity contribution in [3.05, 3.63) is 72.3 Å². The van der Waals surface area contributed by atoms with Crippen LogP contribution in [0.3, 0.4) is 0 Å². The summed E-state index contributed by atoms with van der Waals surface area (Å²) in [6, 6.07) is 16.6. The van der Waals surface area contributed by atoms with Gasteiger partial charge < -0.3 is 30.3 Å². The third kappa shape index (κ3) is 5.33. The minimum absolute atomic E-state index is 0.0305. The van der Waals surface area contributed by atoms with E-state index in [0.717, 1.165) is 65.2 Å². The van der Waals surface area contributed by atoms with E-state index < -0.39 is 11.2 Å². The van der Waals surface area contributed by atoms with Crippen LogP contribution in [0.5, 0.6) is 0 Å². The van der Waals surface area contributed by atoms with Crippen LogP contribution in [0.15, 0.2) is 65.9 Å². The molecule has 3 aromatic rings. The zero-order valence-corrected chi connectivity index (χ0v) is 25.9. The molecule has 4 heterocycles. The number of carbonyl (C=O) groups excluding carboxylic acids is 2. The van der Waals surface area contributed by atoms with E-state index in [1.807, 2.05) is 23.5 Å². The van der Waals surface area contributed by atoms with Crippen molar-refractivity contribution in [2.24, 2.45) is 10.9 Å². The van der Waals surface area contributed by atoms with Crippen LogP contribution in [-0.2, 0) is 9.59 Å². The Morgan fingerprint density at radius 3 is 2.04 bits per heavy atom. The summed E-state index contributed by atoms with van der Waals surface area (Å²) >= 11 is 0. The first-order valence-electron chi connectivity index (χ1n) is 16.6. The number of H-pyrrole nitrogens is 1. The van der Waals surface area contributed by atoms with Gasteiger partial charge in [0.2, 0.25) is 0 Å². The van der Waals surface area contributed by atoms with Gasteiger partial charge in [-0.2, -0.15) is 0 Å². The number of aromatic nitrogens is 2. The number of fused-ring (bicyclic) bond motifs is 1. The fraction of sp³-hybridized carbons (Fsp3) is 0.444. The monoisotopic (exact) mass is 620 g/mol. The third-order valence-corrected chi connectivity index (χ3v) is 10.5. The predicted octanol–water partition coefficient (Wildman–Crippen LogP) is 4.04. The van der Waals surface area contributed by atoms with Crippen LogP contribution < -0.4 is 5.32 Å². The third-order valence-electron chi connectivity index (χ3n) is 10.5. The molecule has 1 aromatic heterocycles. The molecule has 0 radical (unpaired) electrons. The minimum atomic E-state index is -1.16. The molecule has 4 fully saturated rings. The number of aliphatic hydroxyl groups is 2. The highest BCUT2D eigenvalue weighted by Gasteiger charge is 2.53. The normalized spacial score (nSPS) is 26.0. The highest BCUT2D eigenvalue weighted by molar-refractivity contribution is 5.89. The fourth-order valence-corrected chi connectivity index (χ4v) is 7.27. The number of nitrogens with zero attached hydrogens (tertiary/aromatic N) is 4. The Balaban J connectivity index is 0.938. The van der Waals surface area contributed by atoms with Crippen molar-refractivity contribution < 1.29 is 19.8 Å². The number of nitrogens with one attached hydrogen (secondary N) is 2. The van der Waals surface area contributed by atoms with Gasteiger partial charge >= 0.3 is 0 Å². The van der Waals surface area contributed by atoms with Gasteiger partial charge in [0.1, 0.15) is 17.0 Å². The molecule has 46 heavy (non-hydrogen) atoms. The van der Waals surface area contributed by atoms with Crippen LogP contribution in [0.4, 0.5) is 0 Å². The summed E-state index contributed by atoms with van der Waals surface area (Å²) < 4.78 is 0.